The van der Waals surface area contributed by atoms with Crippen LogP contribution in [0.2, 0.25) is 10.0 Å². The number of anilines is 1. The molecule has 2 rings (SSSR count). The number of hydrogen-bond acceptors (Lipinski definition) is 3. The lowest BCUT2D eigenvalue weighted by Gasteiger charge is -2.30. The van der Waals surface area contributed by atoms with E-state index in [1.807, 2.05) is 11.4 Å². The standard InChI is InChI=1S/C17H20Cl2N2OS/c1-17(2,3)16(13-8-5-9-23-13)20-10-14(22)21-12-7-4-6-11(18)15(12)19/h4-9,16,20H,10H2,1-3H3,(H,21,22). The van der Waals surface area contributed by atoms with E-state index in [0.717, 1.165) is 0 Å². The van der Waals surface area contributed by atoms with Gasteiger partial charge in [-0.05, 0) is 29.0 Å². The number of amides is 1. The van der Waals surface area contributed by atoms with Crippen molar-refractivity contribution in [2.45, 2.75) is 26.8 Å². The maximum Gasteiger partial charge on any atom is 0.238 e. The van der Waals surface area contributed by atoms with Gasteiger partial charge in [0.2, 0.25) is 5.91 Å². The Morgan fingerprint density at radius 2 is 1.96 bits per heavy atom. The number of benzene rings is 1. The number of halogens is 2. The van der Waals surface area contributed by atoms with Crippen molar-refractivity contribution < 1.29 is 4.79 Å². The topological polar surface area (TPSA) is 41.1 Å². The van der Waals surface area contributed by atoms with Gasteiger partial charge >= 0.3 is 0 Å². The van der Waals surface area contributed by atoms with Crippen LogP contribution in [0.15, 0.2) is 35.7 Å². The molecular formula is C17H20Cl2N2OS. The predicted octanol–water partition coefficient (Wildman–Crippen LogP) is 5.37. The van der Waals surface area contributed by atoms with Crippen molar-refractivity contribution in [1.29, 1.82) is 0 Å². The first-order chi connectivity index (χ1) is 10.8. The quantitative estimate of drug-likeness (QED) is 0.742. The third-order valence-electron chi connectivity index (χ3n) is 3.39. The van der Waals surface area contributed by atoms with Crippen LogP contribution in [0.1, 0.15) is 31.7 Å². The number of nitrogens with one attached hydrogen (secondary N) is 2. The zero-order chi connectivity index (χ0) is 17.0. The van der Waals surface area contributed by atoms with Crippen molar-refractivity contribution in [2.75, 3.05) is 11.9 Å². The molecule has 1 aromatic carbocycles. The van der Waals surface area contributed by atoms with E-state index in [2.05, 4.69) is 37.5 Å². The van der Waals surface area contributed by atoms with Gasteiger partial charge in [-0.15, -0.1) is 11.3 Å². The molecule has 2 N–H and O–H groups in total. The van der Waals surface area contributed by atoms with E-state index in [9.17, 15) is 4.79 Å². The summed E-state index contributed by atoms with van der Waals surface area (Å²) in [6.45, 7) is 6.64. The molecular weight excluding hydrogens is 351 g/mol. The zero-order valence-corrected chi connectivity index (χ0v) is 15.6. The van der Waals surface area contributed by atoms with Crippen LogP contribution in [-0.2, 0) is 4.79 Å². The summed E-state index contributed by atoms with van der Waals surface area (Å²) in [6.07, 6.45) is 0. The van der Waals surface area contributed by atoms with Gasteiger partial charge in [-0.2, -0.15) is 0 Å². The van der Waals surface area contributed by atoms with E-state index in [4.69, 9.17) is 23.2 Å². The van der Waals surface area contributed by atoms with Crippen LogP contribution in [0.4, 0.5) is 5.69 Å². The minimum atomic E-state index is -0.153. The van der Waals surface area contributed by atoms with Crippen molar-refractivity contribution in [3.05, 3.63) is 50.6 Å². The molecule has 0 aliphatic heterocycles. The summed E-state index contributed by atoms with van der Waals surface area (Å²) < 4.78 is 0. The summed E-state index contributed by atoms with van der Waals surface area (Å²) in [5, 5.41) is 8.95. The molecule has 0 bridgehead atoms. The molecule has 0 saturated carbocycles. The van der Waals surface area contributed by atoms with E-state index < -0.39 is 0 Å². The molecule has 0 aliphatic rings. The highest BCUT2D eigenvalue weighted by Crippen LogP contribution is 2.35. The Morgan fingerprint density at radius 1 is 1.22 bits per heavy atom. The van der Waals surface area contributed by atoms with Gasteiger partial charge < -0.3 is 10.6 Å². The van der Waals surface area contributed by atoms with Crippen LogP contribution in [0.5, 0.6) is 0 Å². The van der Waals surface area contributed by atoms with E-state index in [1.165, 1.54) is 4.88 Å². The Morgan fingerprint density at radius 3 is 2.57 bits per heavy atom. The normalized spacial score (nSPS) is 12.9. The molecule has 0 radical (unpaired) electrons. The number of rotatable bonds is 5. The average Bonchev–Trinajstić information content (AvgIpc) is 2.96. The van der Waals surface area contributed by atoms with Crippen LogP contribution in [0.25, 0.3) is 0 Å². The molecule has 0 spiro atoms. The Hall–Kier alpha value is -1.07. The first kappa shape index (κ1) is 18.3. The van der Waals surface area contributed by atoms with E-state index in [1.54, 1.807) is 29.5 Å². The minimum Gasteiger partial charge on any atom is -0.324 e. The Balaban J connectivity index is 2.01. The molecule has 1 heterocycles. The summed E-state index contributed by atoms with van der Waals surface area (Å²) in [5.41, 5.74) is 0.521. The largest absolute Gasteiger partial charge is 0.324 e. The fraction of sp³-hybridized carbons (Fsp3) is 0.353. The van der Waals surface area contributed by atoms with Crippen LogP contribution in [0.3, 0.4) is 0 Å². The minimum absolute atomic E-state index is 0.00116. The summed E-state index contributed by atoms with van der Waals surface area (Å²) in [5.74, 6) is -0.153. The molecule has 1 aromatic heterocycles. The number of hydrogen-bond donors (Lipinski definition) is 2. The van der Waals surface area contributed by atoms with Gasteiger partial charge in [0.05, 0.1) is 22.3 Å². The van der Waals surface area contributed by atoms with Crippen molar-refractivity contribution in [3.63, 3.8) is 0 Å². The lowest BCUT2D eigenvalue weighted by atomic mass is 9.86. The maximum absolute atomic E-state index is 12.2. The van der Waals surface area contributed by atoms with Crippen LogP contribution in [-0.4, -0.2) is 12.5 Å². The van der Waals surface area contributed by atoms with Gasteiger partial charge in [-0.1, -0.05) is 56.1 Å². The van der Waals surface area contributed by atoms with Gasteiger partial charge in [0.15, 0.2) is 0 Å². The van der Waals surface area contributed by atoms with E-state index in [0.29, 0.717) is 15.7 Å². The first-order valence-electron chi connectivity index (χ1n) is 7.29. The molecule has 1 atom stereocenters. The van der Waals surface area contributed by atoms with Crippen LogP contribution < -0.4 is 10.6 Å². The van der Waals surface area contributed by atoms with Crippen molar-refractivity contribution in [2.24, 2.45) is 5.41 Å². The zero-order valence-electron chi connectivity index (χ0n) is 13.3. The van der Waals surface area contributed by atoms with Gasteiger partial charge in [-0.3, -0.25) is 4.79 Å². The highest BCUT2D eigenvalue weighted by atomic mass is 35.5. The molecule has 0 saturated heterocycles. The summed E-state index contributed by atoms with van der Waals surface area (Å²) in [6, 6.07) is 9.37. The molecule has 0 fully saturated rings. The molecule has 124 valence electrons. The highest BCUT2D eigenvalue weighted by molar-refractivity contribution is 7.10. The van der Waals surface area contributed by atoms with Crippen molar-refractivity contribution in [1.82, 2.24) is 5.32 Å². The molecule has 23 heavy (non-hydrogen) atoms. The van der Waals surface area contributed by atoms with E-state index >= 15 is 0 Å². The van der Waals surface area contributed by atoms with Crippen molar-refractivity contribution in [3.8, 4) is 0 Å². The third-order valence-corrected chi connectivity index (χ3v) is 5.14. The maximum atomic E-state index is 12.2. The Labute approximate surface area is 151 Å². The number of carbonyl (C=O) groups is 1. The second-order valence-corrected chi connectivity index (χ2v) is 8.11. The Kier molecular flexibility index (Phi) is 6.09. The first-order valence-corrected chi connectivity index (χ1v) is 8.93. The number of thiophene rings is 1. The molecule has 3 nitrogen and oxygen atoms in total. The second-order valence-electron chi connectivity index (χ2n) is 6.34. The van der Waals surface area contributed by atoms with Gasteiger partial charge in [0.1, 0.15) is 0 Å². The van der Waals surface area contributed by atoms with Crippen molar-refractivity contribution >= 4 is 46.1 Å². The van der Waals surface area contributed by atoms with Crippen LogP contribution in [0, 0.1) is 5.41 Å². The average molecular weight is 371 g/mol. The molecule has 1 unspecified atom stereocenters. The summed E-state index contributed by atoms with van der Waals surface area (Å²) in [4.78, 5) is 13.4. The SMILES string of the molecule is CC(C)(C)C(NCC(=O)Nc1cccc(Cl)c1Cl)c1cccs1. The van der Waals surface area contributed by atoms with Gasteiger partial charge in [-0.25, -0.2) is 0 Å². The predicted molar refractivity (Wildman–Crippen MR) is 99.6 cm³/mol. The smallest absolute Gasteiger partial charge is 0.238 e. The molecule has 1 amide bonds. The lowest BCUT2D eigenvalue weighted by Crippen LogP contribution is -2.37. The fourth-order valence-corrected chi connectivity index (χ4v) is 3.67. The Bertz CT molecular complexity index is 666. The molecule has 6 heteroatoms. The van der Waals surface area contributed by atoms with E-state index in [-0.39, 0.29) is 23.9 Å². The highest BCUT2D eigenvalue weighted by Gasteiger charge is 2.27. The summed E-state index contributed by atoms with van der Waals surface area (Å²) in [7, 11) is 0. The molecule has 0 aliphatic carbocycles. The van der Waals surface area contributed by atoms with Gasteiger partial charge in [0, 0.05) is 10.9 Å². The summed E-state index contributed by atoms with van der Waals surface area (Å²) >= 11 is 13.7. The molecule has 2 aromatic rings. The third kappa shape index (κ3) is 4.95. The number of carbonyl (C=O) groups excluding carboxylic acids is 1. The fourth-order valence-electron chi connectivity index (χ4n) is 2.28. The lowest BCUT2D eigenvalue weighted by molar-refractivity contribution is -0.115. The second kappa shape index (κ2) is 7.67. The van der Waals surface area contributed by atoms with Crippen LogP contribution >= 0.6 is 34.5 Å². The monoisotopic (exact) mass is 370 g/mol. The van der Waals surface area contributed by atoms with Gasteiger partial charge in [0.25, 0.3) is 0 Å².